The van der Waals surface area contributed by atoms with Crippen LogP contribution >= 0.6 is 0 Å². The van der Waals surface area contributed by atoms with Crippen LogP contribution in [0.25, 0.3) is 0 Å². The van der Waals surface area contributed by atoms with Crippen molar-refractivity contribution in [3.05, 3.63) is 23.0 Å². The average Bonchev–Trinajstić information content (AvgIpc) is 2.41. The lowest BCUT2D eigenvalue weighted by molar-refractivity contribution is 0.0221. The van der Waals surface area contributed by atoms with Crippen molar-refractivity contribution in [2.75, 3.05) is 6.54 Å². The van der Waals surface area contributed by atoms with Crippen molar-refractivity contribution in [3.63, 3.8) is 0 Å². The molecular weight excluding hydrogens is 301 g/mol. The SMILES string of the molecule is CC(C)Oc1cc(O)c2c(c1F)CCN(C(=O)OC(C)(C)C)C2. The summed E-state index contributed by atoms with van der Waals surface area (Å²) in [4.78, 5) is 13.6. The van der Waals surface area contributed by atoms with Crippen LogP contribution in [-0.4, -0.2) is 34.3 Å². The molecule has 5 nitrogen and oxygen atoms in total. The summed E-state index contributed by atoms with van der Waals surface area (Å²) in [6.07, 6.45) is -0.349. The summed E-state index contributed by atoms with van der Waals surface area (Å²) >= 11 is 0. The van der Waals surface area contributed by atoms with E-state index in [1.54, 1.807) is 34.6 Å². The first-order valence-corrected chi connectivity index (χ1v) is 7.76. The molecule has 128 valence electrons. The number of phenolic OH excluding ortho intramolecular Hbond substituents is 1. The van der Waals surface area contributed by atoms with Crippen molar-refractivity contribution in [2.24, 2.45) is 0 Å². The smallest absolute Gasteiger partial charge is 0.410 e. The van der Waals surface area contributed by atoms with Gasteiger partial charge in [-0.3, -0.25) is 0 Å². The molecule has 1 aromatic rings. The van der Waals surface area contributed by atoms with Crippen LogP contribution in [-0.2, 0) is 17.7 Å². The van der Waals surface area contributed by atoms with Crippen LogP contribution in [0.3, 0.4) is 0 Å². The number of nitrogens with zero attached hydrogens (tertiary/aromatic N) is 1. The van der Waals surface area contributed by atoms with E-state index in [0.717, 1.165) is 0 Å². The topological polar surface area (TPSA) is 59.0 Å². The Kier molecular flexibility index (Phi) is 4.73. The second-order valence-electron chi connectivity index (χ2n) is 6.98. The fourth-order valence-corrected chi connectivity index (χ4v) is 2.49. The van der Waals surface area contributed by atoms with E-state index in [1.807, 2.05) is 0 Å². The molecule has 1 N–H and O–H groups in total. The molecule has 0 atom stereocenters. The summed E-state index contributed by atoms with van der Waals surface area (Å²) in [6.45, 7) is 9.40. The van der Waals surface area contributed by atoms with E-state index in [2.05, 4.69) is 0 Å². The van der Waals surface area contributed by atoms with E-state index < -0.39 is 17.5 Å². The number of amides is 1. The van der Waals surface area contributed by atoms with E-state index in [1.165, 1.54) is 11.0 Å². The number of ether oxygens (including phenoxy) is 2. The number of carbonyl (C=O) groups excluding carboxylic acids is 1. The quantitative estimate of drug-likeness (QED) is 0.902. The fraction of sp³-hybridized carbons (Fsp3) is 0.588. The highest BCUT2D eigenvalue weighted by atomic mass is 19.1. The maximum atomic E-state index is 14.5. The van der Waals surface area contributed by atoms with Gasteiger partial charge in [0.2, 0.25) is 0 Å². The third-order valence-electron chi connectivity index (χ3n) is 3.42. The molecule has 0 fully saturated rings. The van der Waals surface area contributed by atoms with Gasteiger partial charge >= 0.3 is 6.09 Å². The highest BCUT2D eigenvalue weighted by Crippen LogP contribution is 2.36. The van der Waals surface area contributed by atoms with Gasteiger partial charge in [-0.2, -0.15) is 0 Å². The minimum absolute atomic E-state index is 0.0435. The van der Waals surface area contributed by atoms with Crippen molar-refractivity contribution in [3.8, 4) is 11.5 Å². The molecule has 0 saturated heterocycles. The van der Waals surface area contributed by atoms with Gasteiger partial charge in [-0.15, -0.1) is 0 Å². The number of benzene rings is 1. The summed E-state index contributed by atoms with van der Waals surface area (Å²) in [5.41, 5.74) is 0.218. The molecule has 1 amide bonds. The zero-order chi connectivity index (χ0) is 17.4. The summed E-state index contributed by atoms with van der Waals surface area (Å²) in [5.74, 6) is -0.484. The van der Waals surface area contributed by atoms with Crippen LogP contribution in [0, 0.1) is 5.82 Å². The van der Waals surface area contributed by atoms with Crippen molar-refractivity contribution < 1.29 is 23.8 Å². The third-order valence-corrected chi connectivity index (χ3v) is 3.42. The average molecular weight is 325 g/mol. The van der Waals surface area contributed by atoms with E-state index in [4.69, 9.17) is 9.47 Å². The number of fused-ring (bicyclic) bond motifs is 1. The summed E-state index contributed by atoms with van der Waals surface area (Å²) in [7, 11) is 0. The van der Waals surface area contributed by atoms with Crippen LogP contribution in [0.2, 0.25) is 0 Å². The van der Waals surface area contributed by atoms with Gasteiger partial charge in [-0.1, -0.05) is 0 Å². The molecule has 2 rings (SSSR count). The minimum Gasteiger partial charge on any atom is -0.507 e. The van der Waals surface area contributed by atoms with Gasteiger partial charge in [-0.25, -0.2) is 9.18 Å². The zero-order valence-electron chi connectivity index (χ0n) is 14.3. The molecule has 1 aliphatic rings. The Hall–Kier alpha value is -1.98. The van der Waals surface area contributed by atoms with Crippen LogP contribution in [0.5, 0.6) is 11.5 Å². The molecule has 0 spiro atoms. The van der Waals surface area contributed by atoms with Crippen LogP contribution in [0.4, 0.5) is 9.18 Å². The number of hydrogen-bond acceptors (Lipinski definition) is 4. The van der Waals surface area contributed by atoms with Gasteiger partial charge in [0.05, 0.1) is 12.6 Å². The maximum Gasteiger partial charge on any atom is 0.410 e. The largest absolute Gasteiger partial charge is 0.507 e. The second-order valence-corrected chi connectivity index (χ2v) is 6.98. The van der Waals surface area contributed by atoms with Gasteiger partial charge in [0.25, 0.3) is 0 Å². The molecule has 0 saturated carbocycles. The molecule has 0 bridgehead atoms. The molecule has 1 heterocycles. The van der Waals surface area contributed by atoms with Crippen molar-refractivity contribution in [1.82, 2.24) is 4.90 Å². The zero-order valence-corrected chi connectivity index (χ0v) is 14.3. The Morgan fingerprint density at radius 3 is 2.57 bits per heavy atom. The summed E-state index contributed by atoms with van der Waals surface area (Å²) in [5, 5.41) is 10.2. The highest BCUT2D eigenvalue weighted by molar-refractivity contribution is 5.69. The molecule has 0 aliphatic carbocycles. The first kappa shape index (κ1) is 17.4. The molecule has 6 heteroatoms. The molecule has 0 unspecified atom stereocenters. The first-order valence-electron chi connectivity index (χ1n) is 7.76. The third kappa shape index (κ3) is 4.06. The molecule has 1 aliphatic heterocycles. The molecule has 23 heavy (non-hydrogen) atoms. The molecule has 1 aromatic carbocycles. The Balaban J connectivity index is 2.25. The fourth-order valence-electron chi connectivity index (χ4n) is 2.49. The van der Waals surface area contributed by atoms with Gasteiger partial charge in [0.15, 0.2) is 11.6 Å². The maximum absolute atomic E-state index is 14.5. The van der Waals surface area contributed by atoms with Gasteiger partial charge in [-0.05, 0) is 41.0 Å². The number of halogens is 1. The lowest BCUT2D eigenvalue weighted by atomic mass is 9.97. The Labute approximate surface area is 136 Å². The number of carbonyl (C=O) groups is 1. The number of phenols is 1. The van der Waals surface area contributed by atoms with Crippen LogP contribution in [0.1, 0.15) is 45.7 Å². The van der Waals surface area contributed by atoms with Crippen molar-refractivity contribution in [1.29, 1.82) is 0 Å². The number of hydrogen-bond donors (Lipinski definition) is 1. The predicted molar refractivity (Wildman–Crippen MR) is 84.2 cm³/mol. The Morgan fingerprint density at radius 1 is 1.35 bits per heavy atom. The van der Waals surface area contributed by atoms with Crippen LogP contribution < -0.4 is 4.74 Å². The normalized spacial score (nSPS) is 14.7. The number of rotatable bonds is 2. The lowest BCUT2D eigenvalue weighted by Crippen LogP contribution is -2.40. The summed E-state index contributed by atoms with van der Waals surface area (Å²) < 4.78 is 25.2. The van der Waals surface area contributed by atoms with Crippen molar-refractivity contribution in [2.45, 2.75) is 59.3 Å². The minimum atomic E-state index is -0.598. The van der Waals surface area contributed by atoms with E-state index in [-0.39, 0.29) is 24.1 Å². The standard InChI is InChI=1S/C17H24FNO4/c1-10(2)22-14-8-13(20)12-9-19(7-6-11(12)15(14)18)16(21)23-17(3,4)5/h8,10,20H,6-7,9H2,1-5H3. The van der Waals surface area contributed by atoms with Gasteiger partial charge < -0.3 is 19.5 Å². The molecule has 0 radical (unpaired) electrons. The molecule has 0 aromatic heterocycles. The van der Waals surface area contributed by atoms with Crippen LogP contribution in [0.15, 0.2) is 6.07 Å². The first-order chi connectivity index (χ1) is 10.6. The summed E-state index contributed by atoms with van der Waals surface area (Å²) in [6, 6.07) is 1.27. The predicted octanol–water partition coefficient (Wildman–Crippen LogP) is 3.61. The lowest BCUT2D eigenvalue weighted by Gasteiger charge is -2.32. The monoisotopic (exact) mass is 325 g/mol. The Bertz CT molecular complexity index is 608. The van der Waals surface area contributed by atoms with Gasteiger partial charge in [0, 0.05) is 23.7 Å². The van der Waals surface area contributed by atoms with E-state index >= 15 is 0 Å². The molecular formula is C17H24FNO4. The van der Waals surface area contributed by atoms with Gasteiger partial charge in [0.1, 0.15) is 11.4 Å². The Morgan fingerprint density at radius 2 is 2.00 bits per heavy atom. The second kappa shape index (κ2) is 6.26. The highest BCUT2D eigenvalue weighted by Gasteiger charge is 2.30. The van der Waals surface area contributed by atoms with E-state index in [9.17, 15) is 14.3 Å². The van der Waals surface area contributed by atoms with E-state index in [0.29, 0.717) is 24.1 Å². The number of aromatic hydroxyl groups is 1. The van der Waals surface area contributed by atoms with Crippen molar-refractivity contribution >= 4 is 6.09 Å².